The zero-order chi connectivity index (χ0) is 48.2. The Kier molecular flexibility index (Phi) is 26.7. The van der Waals surface area contributed by atoms with Gasteiger partial charge in [0, 0.05) is 117 Å². The second kappa shape index (κ2) is 33.5. The quantitative estimate of drug-likeness (QED) is 0.156. The normalized spacial score (nSPS) is 10.8. The van der Waals surface area contributed by atoms with Crippen molar-refractivity contribution in [2.45, 2.75) is 68.0 Å². The Labute approximate surface area is 397 Å². The molecule has 7 aromatic heterocycles. The molecule has 0 unspecified atom stereocenters. The summed E-state index contributed by atoms with van der Waals surface area (Å²) in [7, 11) is 2.15. The van der Waals surface area contributed by atoms with Gasteiger partial charge in [-0.15, -0.1) is 0 Å². The highest BCUT2D eigenvalue weighted by atomic mass is 15.1. The van der Waals surface area contributed by atoms with Gasteiger partial charge < -0.3 is 4.98 Å². The van der Waals surface area contributed by atoms with Crippen LogP contribution in [0.2, 0.25) is 0 Å². The highest BCUT2D eigenvalue weighted by molar-refractivity contribution is 5.91. The second-order valence-corrected chi connectivity index (χ2v) is 14.9. The molecule has 0 fully saturated rings. The summed E-state index contributed by atoms with van der Waals surface area (Å²) in [5.74, 6) is 2.69. The Bertz CT molecular complexity index is 2290. The Balaban J connectivity index is 0.000000201. The van der Waals surface area contributed by atoms with Gasteiger partial charge in [-0.25, -0.2) is 24.9 Å². The van der Waals surface area contributed by atoms with E-state index in [4.69, 9.17) is 0 Å². The Morgan fingerprint density at radius 2 is 1.00 bits per heavy atom. The lowest BCUT2D eigenvalue weighted by Crippen LogP contribution is -2.07. The van der Waals surface area contributed by atoms with Gasteiger partial charge in [0.05, 0.1) is 5.69 Å². The van der Waals surface area contributed by atoms with Gasteiger partial charge >= 0.3 is 0 Å². The molecule has 0 saturated heterocycles. The number of imidazole rings is 1. The van der Waals surface area contributed by atoms with Gasteiger partial charge in [-0.2, -0.15) is 0 Å². The summed E-state index contributed by atoms with van der Waals surface area (Å²) < 4.78 is 0. The fourth-order valence-corrected chi connectivity index (χ4v) is 5.47. The van der Waals surface area contributed by atoms with Crippen molar-refractivity contribution in [2.24, 2.45) is 4.99 Å². The molecule has 2 aromatic carbocycles. The molecule has 2 aliphatic heterocycles. The molecule has 11 rings (SSSR count). The first-order chi connectivity index (χ1) is 32.6. The van der Waals surface area contributed by atoms with E-state index in [9.17, 15) is 0 Å². The van der Waals surface area contributed by atoms with Gasteiger partial charge in [-0.1, -0.05) is 78.9 Å². The van der Waals surface area contributed by atoms with Crippen LogP contribution in [0.4, 0.5) is 5.82 Å². The average molecular weight is 893 g/mol. The SMILES string of the molecule is CC1=Nc2ncccc2C1.CN1Cc2ccccc2C1.Cc1ccccn1.Cc1cccnc1.Cc1ccncc1.Cc1cnccn1.Cc1ncc[nH]1.Cc1ncccn1.c1ccccc1. The van der Waals surface area contributed by atoms with E-state index in [0.29, 0.717) is 0 Å². The van der Waals surface area contributed by atoms with E-state index in [2.05, 4.69) is 97.1 Å². The highest BCUT2D eigenvalue weighted by Gasteiger charge is 2.13. The first-order valence-electron chi connectivity index (χ1n) is 21.9. The molecule has 0 bridgehead atoms. The van der Waals surface area contributed by atoms with Crippen molar-refractivity contribution in [3.63, 3.8) is 0 Å². The van der Waals surface area contributed by atoms with E-state index in [1.165, 1.54) is 27.8 Å². The van der Waals surface area contributed by atoms with E-state index in [0.717, 1.165) is 54.1 Å². The lowest BCUT2D eigenvalue weighted by atomic mass is 10.1. The Hall–Kier alpha value is -7.96. The monoisotopic (exact) mass is 893 g/mol. The second-order valence-electron chi connectivity index (χ2n) is 14.9. The van der Waals surface area contributed by atoms with Crippen LogP contribution in [-0.2, 0) is 19.5 Å². The topological polar surface area (TPSA) is 147 Å². The van der Waals surface area contributed by atoms with Crippen molar-refractivity contribution in [2.75, 3.05) is 7.05 Å². The summed E-state index contributed by atoms with van der Waals surface area (Å²) in [5.41, 5.74) is 9.89. The van der Waals surface area contributed by atoms with Crippen molar-refractivity contribution >= 4 is 11.5 Å². The van der Waals surface area contributed by atoms with Crippen molar-refractivity contribution in [1.29, 1.82) is 0 Å². The molecule has 344 valence electrons. The fourth-order valence-electron chi connectivity index (χ4n) is 5.47. The zero-order valence-electron chi connectivity index (χ0n) is 40.1. The minimum absolute atomic E-state index is 0.822. The molecule has 0 aliphatic carbocycles. The summed E-state index contributed by atoms with van der Waals surface area (Å²) in [6, 6.07) is 40.2. The number of H-pyrrole nitrogens is 1. The van der Waals surface area contributed by atoms with Gasteiger partial charge in [-0.3, -0.25) is 29.8 Å². The van der Waals surface area contributed by atoms with Crippen LogP contribution in [-0.4, -0.2) is 67.5 Å². The minimum Gasteiger partial charge on any atom is -0.349 e. The number of rotatable bonds is 0. The van der Waals surface area contributed by atoms with Crippen LogP contribution < -0.4 is 0 Å². The van der Waals surface area contributed by atoms with Crippen molar-refractivity contribution in [3.8, 4) is 0 Å². The number of benzene rings is 2. The Morgan fingerprint density at radius 3 is 1.37 bits per heavy atom. The maximum absolute atomic E-state index is 4.26. The molecule has 2 aliphatic rings. The van der Waals surface area contributed by atoms with Crippen LogP contribution in [0, 0.1) is 41.5 Å². The molecule has 0 saturated carbocycles. The van der Waals surface area contributed by atoms with Crippen molar-refractivity contribution in [3.05, 3.63) is 253 Å². The number of nitrogens with one attached hydrogen (secondary N) is 1. The van der Waals surface area contributed by atoms with Gasteiger partial charge in [0.2, 0.25) is 0 Å². The fraction of sp³-hybridized carbons (Fsp3) is 0.200. The number of fused-ring (bicyclic) bond motifs is 2. The lowest BCUT2D eigenvalue weighted by Gasteiger charge is -2.02. The van der Waals surface area contributed by atoms with Crippen molar-refractivity contribution in [1.82, 2.24) is 54.7 Å². The molecule has 0 amide bonds. The van der Waals surface area contributed by atoms with Crippen LogP contribution in [0.3, 0.4) is 0 Å². The number of hydrogen-bond acceptors (Lipinski definition) is 11. The molecular formula is C55H64N12. The summed E-state index contributed by atoms with van der Waals surface area (Å²) in [5, 5.41) is 0. The van der Waals surface area contributed by atoms with Crippen LogP contribution in [0.15, 0.2) is 207 Å². The van der Waals surface area contributed by atoms with Crippen LogP contribution >= 0.6 is 0 Å². The summed E-state index contributed by atoms with van der Waals surface area (Å²) >= 11 is 0. The van der Waals surface area contributed by atoms with Crippen LogP contribution in [0.25, 0.3) is 0 Å². The van der Waals surface area contributed by atoms with E-state index in [1.54, 1.807) is 80.4 Å². The van der Waals surface area contributed by atoms with E-state index in [1.807, 2.05) is 140 Å². The smallest absolute Gasteiger partial charge is 0.155 e. The number of aliphatic imine (C=N–C) groups is 1. The van der Waals surface area contributed by atoms with Gasteiger partial charge in [0.1, 0.15) is 11.6 Å². The van der Waals surface area contributed by atoms with Crippen molar-refractivity contribution < 1.29 is 0 Å². The maximum Gasteiger partial charge on any atom is 0.155 e. The molecule has 1 N–H and O–H groups in total. The standard InChI is InChI=1S/C9H11N.C8H8N2.3C6H7N.C6H6.2C5H6N2.C4H6N2/c1-10-6-8-4-2-3-5-9(8)7-10;1-6-5-7-3-2-4-9-8(7)10-6;1-6-2-4-7-5-3-6;1-6-3-2-4-7-5-6;1-6-4-2-3-5-7-6;1-2-4-6-5-3-1;1-5-4-6-2-3-7-5;1-5-6-3-2-4-7-5;1-4-5-2-3-6-4/h2-5H,6-7H2,1H3;2-4H,5H2,1H3;3*2-5H,1H3;1-6H;2*2-4H,1H3;2-3H,1H3,(H,5,6). The van der Waals surface area contributed by atoms with Gasteiger partial charge in [0.15, 0.2) is 5.82 Å². The molecule has 9 heterocycles. The molecule has 12 nitrogen and oxygen atoms in total. The molecular weight excluding hydrogens is 829 g/mol. The largest absolute Gasteiger partial charge is 0.349 e. The van der Waals surface area contributed by atoms with E-state index >= 15 is 0 Å². The van der Waals surface area contributed by atoms with Gasteiger partial charge in [0.25, 0.3) is 0 Å². The first kappa shape index (κ1) is 53.4. The highest BCUT2D eigenvalue weighted by Crippen LogP contribution is 2.22. The minimum atomic E-state index is 0.822. The predicted molar refractivity (Wildman–Crippen MR) is 273 cm³/mol. The van der Waals surface area contributed by atoms with E-state index in [-0.39, 0.29) is 0 Å². The number of nitrogens with zero attached hydrogens (tertiary/aromatic N) is 11. The summed E-state index contributed by atoms with van der Waals surface area (Å²) in [4.78, 5) is 44.6. The molecule has 0 radical (unpaired) electrons. The molecule has 9 aromatic rings. The molecule has 12 heteroatoms. The Morgan fingerprint density at radius 1 is 0.418 bits per heavy atom. The average Bonchev–Trinajstić information content (AvgIpc) is 4.11. The van der Waals surface area contributed by atoms with Crippen LogP contribution in [0.1, 0.15) is 57.8 Å². The number of aromatic amines is 1. The first-order valence-corrected chi connectivity index (χ1v) is 21.9. The third-order valence-electron chi connectivity index (χ3n) is 8.77. The number of aromatic nitrogens is 10. The molecule has 0 atom stereocenters. The maximum atomic E-state index is 4.26. The number of hydrogen-bond donors (Lipinski definition) is 1. The summed E-state index contributed by atoms with van der Waals surface area (Å²) in [6.45, 7) is 16.0. The lowest BCUT2D eigenvalue weighted by molar-refractivity contribution is 0.353. The third-order valence-corrected chi connectivity index (χ3v) is 8.77. The number of aryl methyl sites for hydroxylation is 6. The van der Waals surface area contributed by atoms with Gasteiger partial charge in [-0.05, 0) is 120 Å². The zero-order valence-corrected chi connectivity index (χ0v) is 40.1. The van der Waals surface area contributed by atoms with Crippen LogP contribution in [0.5, 0.6) is 0 Å². The predicted octanol–water partition coefficient (Wildman–Crippen LogP) is 11.5. The molecule has 67 heavy (non-hydrogen) atoms. The third kappa shape index (κ3) is 26.4. The number of pyridine rings is 4. The molecule has 0 spiro atoms. The summed E-state index contributed by atoms with van der Waals surface area (Å²) in [6.07, 6.45) is 23.8. The van der Waals surface area contributed by atoms with E-state index < -0.39 is 0 Å².